The molecule has 0 aliphatic heterocycles. The second kappa shape index (κ2) is 3.71. The summed E-state index contributed by atoms with van der Waals surface area (Å²) in [6.45, 7) is 0. The van der Waals surface area contributed by atoms with E-state index in [1.807, 2.05) is 10.8 Å². The zero-order valence-electron chi connectivity index (χ0n) is 7.00. The highest BCUT2D eigenvalue weighted by molar-refractivity contribution is 9.10. The van der Waals surface area contributed by atoms with Crippen molar-refractivity contribution in [3.8, 4) is 16.9 Å². The molecule has 2 rings (SSSR count). The fourth-order valence-corrected chi connectivity index (χ4v) is 2.71. The van der Waals surface area contributed by atoms with Crippen LogP contribution in [0.1, 0.15) is 0 Å². The van der Waals surface area contributed by atoms with Gasteiger partial charge in [0, 0.05) is 27.0 Å². The molecule has 0 atom stereocenters. The lowest BCUT2D eigenvalue weighted by molar-refractivity contribution is 0.471. The van der Waals surface area contributed by atoms with Crippen LogP contribution in [0.4, 0.5) is 4.39 Å². The van der Waals surface area contributed by atoms with Crippen LogP contribution in [-0.2, 0) is 0 Å². The van der Waals surface area contributed by atoms with Crippen molar-refractivity contribution in [2.45, 2.75) is 0 Å². The van der Waals surface area contributed by atoms with Gasteiger partial charge in [0.05, 0.1) is 0 Å². The summed E-state index contributed by atoms with van der Waals surface area (Å²) in [5.41, 5.74) is 1.52. The van der Waals surface area contributed by atoms with E-state index in [1.54, 1.807) is 6.07 Å². The molecule has 4 heteroatoms. The summed E-state index contributed by atoms with van der Waals surface area (Å²) in [5.74, 6) is -0.471. The molecule has 72 valence electrons. The quantitative estimate of drug-likeness (QED) is 0.831. The van der Waals surface area contributed by atoms with Gasteiger partial charge in [0.15, 0.2) is 0 Å². The van der Waals surface area contributed by atoms with Crippen molar-refractivity contribution in [1.29, 1.82) is 0 Å². The lowest BCUT2D eigenvalue weighted by atomic mass is 10.1. The van der Waals surface area contributed by atoms with E-state index in [9.17, 15) is 9.50 Å². The molecule has 1 N–H and O–H groups in total. The molecule has 0 saturated carbocycles. The average molecular weight is 273 g/mol. The Hall–Kier alpha value is -0.870. The van der Waals surface area contributed by atoms with Crippen LogP contribution in [0, 0.1) is 5.82 Å². The van der Waals surface area contributed by atoms with E-state index in [0.717, 1.165) is 16.1 Å². The molecule has 0 spiro atoms. The van der Waals surface area contributed by atoms with Crippen LogP contribution in [0.2, 0.25) is 0 Å². The van der Waals surface area contributed by atoms with Crippen LogP contribution in [0.25, 0.3) is 11.1 Å². The molecule has 0 bridgehead atoms. The number of hydrogen-bond donors (Lipinski definition) is 1. The van der Waals surface area contributed by atoms with Crippen molar-refractivity contribution in [3.05, 3.63) is 39.2 Å². The summed E-state index contributed by atoms with van der Waals surface area (Å²) in [4.78, 5) is 0. The second-order valence-corrected chi connectivity index (χ2v) is 4.39. The summed E-state index contributed by atoms with van der Waals surface area (Å²) < 4.78 is 13.6. The molecular weight excluding hydrogens is 267 g/mol. The Kier molecular flexibility index (Phi) is 2.56. The minimum Gasteiger partial charge on any atom is -0.507 e. The number of benzene rings is 1. The number of thiophene rings is 1. The van der Waals surface area contributed by atoms with Gasteiger partial charge in [-0.2, -0.15) is 11.3 Å². The van der Waals surface area contributed by atoms with Gasteiger partial charge in [0.1, 0.15) is 11.6 Å². The lowest BCUT2D eigenvalue weighted by Crippen LogP contribution is -1.79. The molecule has 1 heterocycles. The van der Waals surface area contributed by atoms with Crippen molar-refractivity contribution in [1.82, 2.24) is 0 Å². The van der Waals surface area contributed by atoms with Crippen LogP contribution >= 0.6 is 27.3 Å². The van der Waals surface area contributed by atoms with Crippen LogP contribution < -0.4 is 0 Å². The van der Waals surface area contributed by atoms with E-state index in [0.29, 0.717) is 5.56 Å². The van der Waals surface area contributed by atoms with E-state index in [1.165, 1.54) is 17.4 Å². The molecule has 0 fully saturated rings. The molecular formula is C10H6BrFOS. The Labute approximate surface area is 93.0 Å². The van der Waals surface area contributed by atoms with Crippen LogP contribution in [-0.4, -0.2) is 5.11 Å². The summed E-state index contributed by atoms with van der Waals surface area (Å²) in [5, 5.41) is 13.3. The predicted molar refractivity (Wildman–Crippen MR) is 59.1 cm³/mol. The molecule has 1 aromatic heterocycles. The van der Waals surface area contributed by atoms with Gasteiger partial charge in [-0.3, -0.25) is 0 Å². The van der Waals surface area contributed by atoms with Gasteiger partial charge < -0.3 is 5.11 Å². The van der Waals surface area contributed by atoms with Gasteiger partial charge in [0.2, 0.25) is 0 Å². The maximum Gasteiger partial charge on any atom is 0.126 e. The van der Waals surface area contributed by atoms with Gasteiger partial charge in [0.25, 0.3) is 0 Å². The molecule has 0 saturated heterocycles. The highest BCUT2D eigenvalue weighted by Gasteiger charge is 2.09. The first-order valence-corrected chi connectivity index (χ1v) is 5.62. The van der Waals surface area contributed by atoms with E-state index in [-0.39, 0.29) is 5.75 Å². The fraction of sp³-hybridized carbons (Fsp3) is 0. The normalized spacial score (nSPS) is 10.4. The highest BCUT2D eigenvalue weighted by atomic mass is 79.9. The lowest BCUT2D eigenvalue weighted by Gasteiger charge is -2.02. The number of phenolic OH excluding ortho intramolecular Hbond substituents is 1. The molecule has 0 radical (unpaired) electrons. The predicted octanol–water partition coefficient (Wildman–Crippen LogP) is 4.02. The average Bonchev–Trinajstić information content (AvgIpc) is 2.52. The Bertz CT molecular complexity index is 467. The highest BCUT2D eigenvalue weighted by Crippen LogP contribution is 2.36. The molecule has 0 unspecified atom stereocenters. The minimum atomic E-state index is -0.433. The van der Waals surface area contributed by atoms with Crippen LogP contribution in [0.15, 0.2) is 33.4 Å². The van der Waals surface area contributed by atoms with Gasteiger partial charge in [-0.05, 0) is 33.4 Å². The first-order chi connectivity index (χ1) is 6.68. The zero-order valence-corrected chi connectivity index (χ0v) is 9.40. The SMILES string of the molecule is Oc1cc(F)ccc1-c1cscc1Br. The van der Waals surface area contributed by atoms with Crippen LogP contribution in [0.5, 0.6) is 5.75 Å². The maximum atomic E-state index is 12.7. The zero-order chi connectivity index (χ0) is 10.1. The van der Waals surface area contributed by atoms with Crippen molar-refractivity contribution in [2.24, 2.45) is 0 Å². The summed E-state index contributed by atoms with van der Waals surface area (Å²) in [6, 6.07) is 4.01. The third-order valence-electron chi connectivity index (χ3n) is 1.86. The molecule has 1 nitrogen and oxygen atoms in total. The Morgan fingerprint density at radius 1 is 1.21 bits per heavy atom. The summed E-state index contributed by atoms with van der Waals surface area (Å²) >= 11 is 4.88. The Morgan fingerprint density at radius 2 is 2.00 bits per heavy atom. The second-order valence-electron chi connectivity index (χ2n) is 2.79. The third kappa shape index (κ3) is 1.67. The van der Waals surface area contributed by atoms with E-state index in [2.05, 4.69) is 15.9 Å². The van der Waals surface area contributed by atoms with E-state index >= 15 is 0 Å². The molecule has 0 aliphatic carbocycles. The van der Waals surface area contributed by atoms with Crippen molar-refractivity contribution in [3.63, 3.8) is 0 Å². The van der Waals surface area contributed by atoms with Gasteiger partial charge in [-0.25, -0.2) is 4.39 Å². The summed E-state index contributed by atoms with van der Waals surface area (Å²) in [7, 11) is 0. The minimum absolute atomic E-state index is 0.0379. The first kappa shape index (κ1) is 9.68. The largest absolute Gasteiger partial charge is 0.507 e. The molecule has 1 aromatic carbocycles. The topological polar surface area (TPSA) is 20.2 Å². The van der Waals surface area contributed by atoms with E-state index in [4.69, 9.17) is 0 Å². The Morgan fingerprint density at radius 3 is 2.57 bits per heavy atom. The molecule has 0 aliphatic rings. The number of phenols is 1. The summed E-state index contributed by atoms with van der Waals surface area (Å²) in [6.07, 6.45) is 0. The van der Waals surface area contributed by atoms with Crippen molar-refractivity contribution >= 4 is 27.3 Å². The Balaban J connectivity index is 2.58. The van der Waals surface area contributed by atoms with Gasteiger partial charge in [-0.1, -0.05) is 0 Å². The van der Waals surface area contributed by atoms with Crippen molar-refractivity contribution < 1.29 is 9.50 Å². The monoisotopic (exact) mass is 272 g/mol. The molecule has 2 aromatic rings. The molecule has 0 amide bonds. The fourth-order valence-electron chi connectivity index (χ4n) is 1.21. The standard InChI is InChI=1S/C10H6BrFOS/c11-9-5-14-4-8(9)7-2-1-6(12)3-10(7)13/h1-5,13H. The van der Waals surface area contributed by atoms with Crippen LogP contribution in [0.3, 0.4) is 0 Å². The number of aromatic hydroxyl groups is 1. The molecule has 14 heavy (non-hydrogen) atoms. The maximum absolute atomic E-state index is 12.7. The van der Waals surface area contributed by atoms with Gasteiger partial charge in [-0.15, -0.1) is 0 Å². The van der Waals surface area contributed by atoms with Gasteiger partial charge >= 0.3 is 0 Å². The first-order valence-electron chi connectivity index (χ1n) is 3.89. The van der Waals surface area contributed by atoms with Crippen molar-refractivity contribution in [2.75, 3.05) is 0 Å². The number of rotatable bonds is 1. The smallest absolute Gasteiger partial charge is 0.126 e. The number of hydrogen-bond acceptors (Lipinski definition) is 2. The third-order valence-corrected chi connectivity index (χ3v) is 3.57. The van der Waals surface area contributed by atoms with E-state index < -0.39 is 5.82 Å². The number of halogens is 2.